The molecule has 0 unspecified atom stereocenters. The second kappa shape index (κ2) is 6.39. The van der Waals surface area contributed by atoms with Gasteiger partial charge >= 0.3 is 125 Å². The first-order valence-electron chi connectivity index (χ1n) is 6.31. The molecule has 0 radical (unpaired) electrons. The molecule has 2 aromatic rings. The summed E-state index contributed by atoms with van der Waals surface area (Å²) < 4.78 is 1.61. The van der Waals surface area contributed by atoms with Crippen LogP contribution in [0.1, 0.15) is 22.3 Å². The van der Waals surface area contributed by atoms with Crippen LogP contribution >= 0.6 is 0 Å². The van der Waals surface area contributed by atoms with Gasteiger partial charge in [0.25, 0.3) is 0 Å². The molecule has 0 bridgehead atoms. The van der Waals surface area contributed by atoms with Crippen molar-refractivity contribution >= 4 is 3.21 Å². The van der Waals surface area contributed by atoms with Gasteiger partial charge in [-0.05, 0) is 0 Å². The molecular weight excluding hydrogens is 295 g/mol. The molecule has 0 atom stereocenters. The van der Waals surface area contributed by atoms with E-state index in [4.69, 9.17) is 0 Å². The first-order valence-corrected chi connectivity index (χ1v) is 7.54. The molecule has 0 N–H and O–H groups in total. The molecule has 88 valence electrons. The zero-order valence-electron chi connectivity index (χ0n) is 11.0. The van der Waals surface area contributed by atoms with Crippen molar-refractivity contribution in [2.75, 3.05) is 0 Å². The molecule has 0 nitrogen and oxygen atoms in total. The molecule has 0 saturated heterocycles. The Morgan fingerprint density at radius 3 is 1.67 bits per heavy atom. The Morgan fingerprint density at radius 2 is 1.28 bits per heavy atom. The Morgan fingerprint density at radius 1 is 0.833 bits per heavy atom. The van der Waals surface area contributed by atoms with Crippen LogP contribution in [0, 0.1) is 13.8 Å². The van der Waals surface area contributed by atoms with E-state index in [-0.39, 0.29) is 0 Å². The zero-order chi connectivity index (χ0) is 13.0. The van der Waals surface area contributed by atoms with E-state index in [0.717, 1.165) is 12.8 Å². The summed E-state index contributed by atoms with van der Waals surface area (Å²) >= 11 is 1.55. The molecule has 0 spiro atoms. The molecule has 0 aliphatic rings. The van der Waals surface area contributed by atoms with Crippen molar-refractivity contribution in [1.29, 1.82) is 0 Å². The predicted octanol–water partition coefficient (Wildman–Crippen LogP) is 3.81. The van der Waals surface area contributed by atoms with Crippen molar-refractivity contribution in [3.63, 3.8) is 0 Å². The molecule has 0 saturated carbocycles. The second-order valence-electron chi connectivity index (χ2n) is 4.94. The summed E-state index contributed by atoms with van der Waals surface area (Å²) in [4.78, 5) is 0. The summed E-state index contributed by atoms with van der Waals surface area (Å²) in [7, 11) is 0. The van der Waals surface area contributed by atoms with Gasteiger partial charge < -0.3 is 0 Å². The molecular formula is C17H18Zr+2. The summed E-state index contributed by atoms with van der Waals surface area (Å²) in [6.45, 7) is 4.32. The summed E-state index contributed by atoms with van der Waals surface area (Å²) in [5, 5.41) is 0. The summed E-state index contributed by atoms with van der Waals surface area (Å²) in [6.07, 6.45) is 2.24. The number of rotatable bonds is 4. The van der Waals surface area contributed by atoms with E-state index in [1.807, 2.05) is 0 Å². The Hall–Kier alpha value is -0.807. The van der Waals surface area contributed by atoms with Crippen LogP contribution in [0.4, 0.5) is 0 Å². The Balaban J connectivity index is 2.01. The van der Waals surface area contributed by atoms with E-state index in [9.17, 15) is 0 Å². The van der Waals surface area contributed by atoms with Crippen molar-refractivity contribution < 1.29 is 24.2 Å². The molecule has 1 heteroatoms. The standard InChI is InChI=1S/C17H18.Zr/c1-14-6-3-8-16(12-14)10-5-11-17-9-4-7-15(2)13-17;/h3-4,6-9,12-13H,10-11H2,1-2H3;/q;+2. The van der Waals surface area contributed by atoms with Gasteiger partial charge in [0.15, 0.2) is 0 Å². The van der Waals surface area contributed by atoms with Crippen LogP contribution in [-0.2, 0) is 37.1 Å². The van der Waals surface area contributed by atoms with Crippen molar-refractivity contribution in [2.45, 2.75) is 26.7 Å². The molecule has 0 amide bonds. The Bertz CT molecular complexity index is 506. The van der Waals surface area contributed by atoms with E-state index >= 15 is 0 Å². The predicted molar refractivity (Wildman–Crippen MR) is 74.8 cm³/mol. The van der Waals surface area contributed by atoms with Crippen LogP contribution in [0.3, 0.4) is 0 Å². The van der Waals surface area contributed by atoms with Gasteiger partial charge in [-0.25, -0.2) is 0 Å². The molecule has 2 rings (SSSR count). The molecule has 0 aliphatic carbocycles. The first kappa shape index (κ1) is 13.6. The van der Waals surface area contributed by atoms with Crippen LogP contribution in [0.5, 0.6) is 0 Å². The molecule has 0 heterocycles. The SMILES string of the molecule is Cc1cccc(C[C](=[Zr+2])Cc2cccc(C)c2)c1. The fraction of sp³-hybridized carbons (Fsp3) is 0.235. The van der Waals surface area contributed by atoms with Gasteiger partial charge in [-0.1, -0.05) is 0 Å². The minimum atomic E-state index is 1.12. The molecule has 0 aromatic heterocycles. The maximum absolute atomic E-state index is 2.29. The zero-order valence-corrected chi connectivity index (χ0v) is 13.5. The second-order valence-corrected chi connectivity index (χ2v) is 6.67. The molecule has 0 fully saturated rings. The average molecular weight is 314 g/mol. The van der Waals surface area contributed by atoms with Crippen molar-refractivity contribution in [3.8, 4) is 0 Å². The normalized spacial score (nSPS) is 10.4. The van der Waals surface area contributed by atoms with Gasteiger partial charge in [0.2, 0.25) is 0 Å². The van der Waals surface area contributed by atoms with Crippen LogP contribution in [0.2, 0.25) is 0 Å². The van der Waals surface area contributed by atoms with Crippen LogP contribution in [0.15, 0.2) is 48.5 Å². The van der Waals surface area contributed by atoms with Gasteiger partial charge in [-0.3, -0.25) is 0 Å². The van der Waals surface area contributed by atoms with E-state index in [1.54, 1.807) is 27.4 Å². The van der Waals surface area contributed by atoms with E-state index in [1.165, 1.54) is 22.3 Å². The third-order valence-electron chi connectivity index (χ3n) is 3.00. The van der Waals surface area contributed by atoms with Gasteiger partial charge in [0, 0.05) is 0 Å². The van der Waals surface area contributed by atoms with Gasteiger partial charge in [0.05, 0.1) is 0 Å². The number of hydrogen-bond donors (Lipinski definition) is 0. The fourth-order valence-electron chi connectivity index (χ4n) is 2.20. The average Bonchev–Trinajstić information content (AvgIpc) is 2.28. The molecule has 18 heavy (non-hydrogen) atoms. The maximum atomic E-state index is 2.29. The van der Waals surface area contributed by atoms with Crippen molar-refractivity contribution in [1.82, 2.24) is 0 Å². The van der Waals surface area contributed by atoms with Crippen LogP contribution < -0.4 is 0 Å². The monoisotopic (exact) mass is 312 g/mol. The summed E-state index contributed by atoms with van der Waals surface area (Å²) in [6, 6.07) is 17.7. The summed E-state index contributed by atoms with van der Waals surface area (Å²) in [5.74, 6) is 0. The third kappa shape index (κ3) is 4.14. The third-order valence-corrected chi connectivity index (χ3v) is 3.87. The number of benzene rings is 2. The Kier molecular flexibility index (Phi) is 4.83. The number of hydrogen-bond acceptors (Lipinski definition) is 0. The van der Waals surface area contributed by atoms with Gasteiger partial charge in [0.1, 0.15) is 0 Å². The summed E-state index contributed by atoms with van der Waals surface area (Å²) in [5.41, 5.74) is 5.59. The van der Waals surface area contributed by atoms with Crippen LogP contribution in [0.25, 0.3) is 0 Å². The molecule has 2 aromatic carbocycles. The van der Waals surface area contributed by atoms with Crippen molar-refractivity contribution in [3.05, 3.63) is 70.8 Å². The van der Waals surface area contributed by atoms with Crippen molar-refractivity contribution in [2.24, 2.45) is 0 Å². The molecule has 0 aliphatic heterocycles. The van der Waals surface area contributed by atoms with Gasteiger partial charge in [-0.15, -0.1) is 0 Å². The van der Waals surface area contributed by atoms with E-state index in [2.05, 4.69) is 62.4 Å². The van der Waals surface area contributed by atoms with E-state index in [0.29, 0.717) is 0 Å². The quantitative estimate of drug-likeness (QED) is 0.805. The topological polar surface area (TPSA) is 0 Å². The number of aryl methyl sites for hydroxylation is 2. The Labute approximate surface area is 124 Å². The first-order chi connectivity index (χ1) is 8.63. The van der Waals surface area contributed by atoms with Crippen LogP contribution in [-0.4, -0.2) is 3.21 Å². The fourth-order valence-corrected chi connectivity index (χ4v) is 3.20. The van der Waals surface area contributed by atoms with E-state index < -0.39 is 0 Å². The minimum absolute atomic E-state index is 1.12. The van der Waals surface area contributed by atoms with Gasteiger partial charge in [-0.2, -0.15) is 0 Å².